The summed E-state index contributed by atoms with van der Waals surface area (Å²) in [7, 11) is 0. The topological polar surface area (TPSA) is 189 Å². The van der Waals surface area contributed by atoms with Crippen LogP contribution in [-0.4, -0.2) is 91.3 Å². The fourth-order valence-electron chi connectivity index (χ4n) is 7.13. The van der Waals surface area contributed by atoms with Crippen molar-refractivity contribution < 1.29 is 29.4 Å². The second-order valence-corrected chi connectivity index (χ2v) is 17.0. The van der Waals surface area contributed by atoms with Crippen LogP contribution in [-0.2, 0) is 29.1 Å². The Kier molecular flexibility index (Phi) is 14.4. The number of carbonyl (C=O) groups is 4. The molecule has 2 aromatic carbocycles. The van der Waals surface area contributed by atoms with Crippen molar-refractivity contribution >= 4 is 35.3 Å². The third-order valence-electron chi connectivity index (χ3n) is 10.0. The average Bonchev–Trinajstić information content (AvgIpc) is 3.74. The number of carboxylic acid groups (broad SMARTS) is 1. The number of nitrogens with one attached hydrogen (secondary N) is 4. The Hall–Kier alpha value is -5.38. The first-order chi connectivity index (χ1) is 27.1. The van der Waals surface area contributed by atoms with Gasteiger partial charge in [0.25, 0.3) is 5.91 Å². The van der Waals surface area contributed by atoms with E-state index in [1.807, 2.05) is 98.9 Å². The normalized spacial score (nSPS) is 16.5. The lowest BCUT2D eigenvalue weighted by Gasteiger charge is -2.36. The number of nitrogens with zero attached hydrogens (tertiary/aromatic N) is 4. The summed E-state index contributed by atoms with van der Waals surface area (Å²) in [5.41, 5.74) is 6.22. The number of urea groups is 1. The quantitative estimate of drug-likeness (QED) is 0.0801. The van der Waals surface area contributed by atoms with Crippen molar-refractivity contribution in [2.75, 3.05) is 13.1 Å². The SMILES string of the molecule is Cc1nc(CN2C(=O)NCC2[C@@H](C(=O)N[C@@H](Cc2ccccc2)[C@@H](O)CN(Cc2ccc(-c3ccccn3)cc2)NC(=O)C(NC(=O)O)C(C)(C)C)C(C)C)cs1. The molecule has 0 radical (unpaired) electrons. The highest BCUT2D eigenvalue weighted by atomic mass is 32.1. The second-order valence-electron chi connectivity index (χ2n) is 15.9. The number of hydrogen-bond acceptors (Lipinski definition) is 9. The van der Waals surface area contributed by atoms with E-state index in [4.69, 9.17) is 0 Å². The molecule has 0 bridgehead atoms. The molecule has 0 spiro atoms. The van der Waals surface area contributed by atoms with E-state index in [2.05, 4.69) is 31.3 Å². The molecular formula is C42H54N8O6S. The standard InChI is InChI=1S/C42H54N8O6S/c1-26(2)36(34-21-44-40(54)50(34)23-31-25-57-27(3)45-31)38(52)46-33(20-28-12-8-7-9-13-28)35(51)24-49(48-39(53)37(42(4,5)6)47-41(55)56)22-29-15-17-30(18-16-29)32-14-10-11-19-43-32/h7-19,25-26,33-37,47,51H,20-24H2,1-6H3,(H,44,54)(H,46,52)(H,48,53)(H,55,56)/t33-,34?,35-,36-,37?/m0/s1. The van der Waals surface area contributed by atoms with Gasteiger partial charge in [-0.15, -0.1) is 11.3 Å². The van der Waals surface area contributed by atoms with Crippen LogP contribution < -0.4 is 21.4 Å². The number of amides is 5. The number of aromatic nitrogens is 2. The van der Waals surface area contributed by atoms with Crippen molar-refractivity contribution in [1.82, 2.24) is 41.3 Å². The zero-order valence-corrected chi connectivity index (χ0v) is 34.1. The molecule has 1 aliphatic heterocycles. The third-order valence-corrected chi connectivity index (χ3v) is 10.8. The molecule has 304 valence electrons. The molecular weight excluding hydrogens is 745 g/mol. The monoisotopic (exact) mass is 798 g/mol. The first kappa shape index (κ1) is 42.8. The number of aliphatic hydroxyl groups excluding tert-OH is 1. The molecule has 3 heterocycles. The fraction of sp³-hybridized carbons (Fsp3) is 0.429. The summed E-state index contributed by atoms with van der Waals surface area (Å²) in [6.07, 6.45) is -0.566. The minimum Gasteiger partial charge on any atom is -0.465 e. The van der Waals surface area contributed by atoms with E-state index >= 15 is 0 Å². The zero-order chi connectivity index (χ0) is 41.3. The van der Waals surface area contributed by atoms with Gasteiger partial charge in [-0.3, -0.25) is 20.0 Å². The van der Waals surface area contributed by atoms with Crippen LogP contribution in [0, 0.1) is 24.2 Å². The molecule has 1 aliphatic rings. The first-order valence-corrected chi connectivity index (χ1v) is 20.0. The third kappa shape index (κ3) is 11.8. The highest BCUT2D eigenvalue weighted by Crippen LogP contribution is 2.27. The van der Waals surface area contributed by atoms with Crippen LogP contribution in [0.5, 0.6) is 0 Å². The summed E-state index contributed by atoms with van der Waals surface area (Å²) >= 11 is 1.50. The number of aliphatic hydroxyl groups is 1. The van der Waals surface area contributed by atoms with E-state index in [0.717, 1.165) is 33.1 Å². The van der Waals surface area contributed by atoms with Crippen molar-refractivity contribution in [3.63, 3.8) is 0 Å². The highest BCUT2D eigenvalue weighted by Gasteiger charge is 2.43. The molecule has 57 heavy (non-hydrogen) atoms. The van der Waals surface area contributed by atoms with Gasteiger partial charge in [0.15, 0.2) is 0 Å². The van der Waals surface area contributed by atoms with Crippen molar-refractivity contribution in [1.29, 1.82) is 0 Å². The van der Waals surface area contributed by atoms with Crippen molar-refractivity contribution in [3.05, 3.63) is 106 Å². The first-order valence-electron chi connectivity index (χ1n) is 19.1. The van der Waals surface area contributed by atoms with Crippen LogP contribution in [0.15, 0.2) is 84.4 Å². The van der Waals surface area contributed by atoms with E-state index < -0.39 is 47.6 Å². The fourth-order valence-corrected chi connectivity index (χ4v) is 7.73. The molecule has 5 amide bonds. The van der Waals surface area contributed by atoms with E-state index in [1.165, 1.54) is 11.3 Å². The molecule has 0 aliphatic carbocycles. The van der Waals surface area contributed by atoms with Crippen molar-refractivity contribution in [2.45, 2.75) is 85.3 Å². The van der Waals surface area contributed by atoms with Gasteiger partial charge >= 0.3 is 12.1 Å². The Morgan fingerprint density at radius 2 is 1.68 bits per heavy atom. The number of hydrogen-bond donors (Lipinski definition) is 6. The maximum atomic E-state index is 14.4. The zero-order valence-electron chi connectivity index (χ0n) is 33.3. The van der Waals surface area contributed by atoms with E-state index in [-0.39, 0.29) is 50.5 Å². The van der Waals surface area contributed by atoms with Crippen molar-refractivity contribution in [2.24, 2.45) is 17.3 Å². The summed E-state index contributed by atoms with van der Waals surface area (Å²) in [6, 6.07) is 20.1. The molecule has 2 unspecified atom stereocenters. The number of thiazole rings is 1. The minimum atomic E-state index is -1.34. The molecule has 1 saturated heterocycles. The van der Waals surface area contributed by atoms with Crippen LogP contribution in [0.1, 0.15) is 56.4 Å². The van der Waals surface area contributed by atoms with Gasteiger partial charge in [-0.1, -0.05) is 95.3 Å². The van der Waals surface area contributed by atoms with Crippen LogP contribution >= 0.6 is 11.3 Å². The minimum absolute atomic E-state index is 0.124. The predicted molar refractivity (Wildman–Crippen MR) is 219 cm³/mol. The summed E-state index contributed by atoms with van der Waals surface area (Å²) < 4.78 is 0. The van der Waals surface area contributed by atoms with E-state index in [9.17, 15) is 29.4 Å². The predicted octanol–water partition coefficient (Wildman–Crippen LogP) is 4.98. The highest BCUT2D eigenvalue weighted by molar-refractivity contribution is 7.09. The van der Waals surface area contributed by atoms with Gasteiger partial charge in [-0.05, 0) is 47.9 Å². The summed E-state index contributed by atoms with van der Waals surface area (Å²) in [4.78, 5) is 63.7. The Bertz CT molecular complexity index is 1950. The molecule has 2 aromatic heterocycles. The Labute approximate surface area is 338 Å². The average molecular weight is 799 g/mol. The Balaban J connectivity index is 1.42. The number of benzene rings is 2. The Morgan fingerprint density at radius 1 is 0.982 bits per heavy atom. The van der Waals surface area contributed by atoms with Crippen LogP contribution in [0.4, 0.5) is 9.59 Å². The summed E-state index contributed by atoms with van der Waals surface area (Å²) in [5.74, 6) is -1.71. The van der Waals surface area contributed by atoms with E-state index in [0.29, 0.717) is 0 Å². The number of rotatable bonds is 17. The van der Waals surface area contributed by atoms with Gasteiger partial charge in [0.2, 0.25) is 5.91 Å². The van der Waals surface area contributed by atoms with Gasteiger partial charge in [0.05, 0.1) is 47.0 Å². The molecule has 5 rings (SSSR count). The van der Waals surface area contributed by atoms with Gasteiger partial charge in [0.1, 0.15) is 6.04 Å². The lowest BCUT2D eigenvalue weighted by molar-refractivity contribution is -0.133. The molecule has 14 nitrogen and oxygen atoms in total. The molecule has 0 saturated carbocycles. The second kappa shape index (κ2) is 19.2. The smallest absolute Gasteiger partial charge is 0.405 e. The largest absolute Gasteiger partial charge is 0.465 e. The maximum Gasteiger partial charge on any atom is 0.405 e. The van der Waals surface area contributed by atoms with Gasteiger partial charge in [0, 0.05) is 36.8 Å². The number of aryl methyl sites for hydroxylation is 1. The van der Waals surface area contributed by atoms with Crippen molar-refractivity contribution in [3.8, 4) is 11.3 Å². The number of pyridine rings is 1. The summed E-state index contributed by atoms with van der Waals surface area (Å²) in [6.45, 7) is 11.6. The number of carbonyl (C=O) groups excluding carboxylic acids is 3. The lowest BCUT2D eigenvalue weighted by atomic mass is 9.86. The maximum absolute atomic E-state index is 14.4. The molecule has 4 aromatic rings. The molecule has 1 fully saturated rings. The van der Waals surface area contributed by atoms with Gasteiger partial charge in [-0.25, -0.2) is 19.6 Å². The molecule has 6 N–H and O–H groups in total. The van der Waals surface area contributed by atoms with Gasteiger partial charge < -0.3 is 31.1 Å². The van der Waals surface area contributed by atoms with Gasteiger partial charge in [-0.2, -0.15) is 0 Å². The van der Waals surface area contributed by atoms with Crippen LogP contribution in [0.2, 0.25) is 0 Å². The van der Waals surface area contributed by atoms with Crippen LogP contribution in [0.3, 0.4) is 0 Å². The van der Waals surface area contributed by atoms with Crippen LogP contribution in [0.25, 0.3) is 11.3 Å². The molecule has 5 atom stereocenters. The van der Waals surface area contributed by atoms with E-state index in [1.54, 1.807) is 36.9 Å². The lowest BCUT2D eigenvalue weighted by Crippen LogP contribution is -2.59. The molecule has 15 heteroatoms. The number of hydrazine groups is 1. The summed E-state index contributed by atoms with van der Waals surface area (Å²) in [5, 5.41) is 34.4. The Morgan fingerprint density at radius 3 is 2.28 bits per heavy atom.